The molecule has 0 aliphatic heterocycles. The molecule has 0 aromatic heterocycles. The summed E-state index contributed by atoms with van der Waals surface area (Å²) in [6.45, 7) is 2.05. The molecular formula is C23H23N3O5S2. The van der Waals surface area contributed by atoms with Crippen LogP contribution in [-0.4, -0.2) is 31.5 Å². The number of hydrogen-bond acceptors (Lipinski definition) is 6. The molecule has 0 spiro atoms. The lowest BCUT2D eigenvalue weighted by molar-refractivity contribution is -0.385. The predicted octanol–water partition coefficient (Wildman–Crippen LogP) is 4.37. The number of anilines is 1. The second-order valence-electron chi connectivity index (χ2n) is 7.18. The third-order valence-electron chi connectivity index (χ3n) is 4.73. The van der Waals surface area contributed by atoms with Crippen LogP contribution in [0.25, 0.3) is 0 Å². The number of carbonyl (C=O) groups excluding carboxylic acids is 1. The molecule has 0 aliphatic carbocycles. The second-order valence-corrected chi connectivity index (χ2v) is 9.97. The van der Waals surface area contributed by atoms with Crippen molar-refractivity contribution < 1.29 is 18.1 Å². The molecule has 3 rings (SSSR count). The maximum Gasteiger partial charge on any atom is 0.273 e. The number of aryl methyl sites for hydroxylation is 1. The summed E-state index contributed by atoms with van der Waals surface area (Å²) in [7, 11) is -4.02. The summed E-state index contributed by atoms with van der Waals surface area (Å²) < 4.78 is 27.6. The largest absolute Gasteiger partial charge is 0.351 e. The Morgan fingerprint density at radius 2 is 1.73 bits per heavy atom. The van der Waals surface area contributed by atoms with Crippen molar-refractivity contribution in [3.8, 4) is 0 Å². The van der Waals surface area contributed by atoms with Gasteiger partial charge in [0.1, 0.15) is 0 Å². The molecule has 10 heteroatoms. The van der Waals surface area contributed by atoms with Gasteiger partial charge in [0.05, 0.1) is 9.82 Å². The molecule has 2 N–H and O–H groups in total. The molecule has 0 unspecified atom stereocenters. The van der Waals surface area contributed by atoms with Crippen LogP contribution in [0.5, 0.6) is 0 Å². The van der Waals surface area contributed by atoms with E-state index in [1.54, 1.807) is 11.8 Å². The number of carbonyl (C=O) groups is 1. The van der Waals surface area contributed by atoms with Gasteiger partial charge in [0.25, 0.3) is 21.6 Å². The molecule has 0 saturated carbocycles. The average molecular weight is 486 g/mol. The lowest BCUT2D eigenvalue weighted by Gasteiger charge is -2.10. The maximum atomic E-state index is 12.6. The number of amides is 1. The number of nitrogens with zero attached hydrogens (tertiary/aromatic N) is 1. The van der Waals surface area contributed by atoms with Crippen molar-refractivity contribution >= 4 is 39.1 Å². The molecule has 0 heterocycles. The molecular weight excluding hydrogens is 462 g/mol. The van der Waals surface area contributed by atoms with Gasteiger partial charge >= 0.3 is 0 Å². The lowest BCUT2D eigenvalue weighted by atomic mass is 10.2. The molecule has 0 atom stereocenters. The Kier molecular flexibility index (Phi) is 8.07. The minimum Gasteiger partial charge on any atom is -0.351 e. The first-order chi connectivity index (χ1) is 15.8. The molecule has 0 radical (unpaired) electrons. The highest BCUT2D eigenvalue weighted by molar-refractivity contribution is 7.98. The third-order valence-corrected chi connectivity index (χ3v) is 7.14. The Morgan fingerprint density at radius 3 is 2.39 bits per heavy atom. The van der Waals surface area contributed by atoms with E-state index in [2.05, 4.69) is 22.2 Å². The summed E-state index contributed by atoms with van der Waals surface area (Å²) in [5.74, 6) is 1.38. The number of benzene rings is 3. The van der Waals surface area contributed by atoms with Gasteiger partial charge in [-0.25, -0.2) is 8.42 Å². The number of nitro benzene ring substituents is 1. The first kappa shape index (κ1) is 24.3. The summed E-state index contributed by atoms with van der Waals surface area (Å²) in [4.78, 5) is 22.6. The topological polar surface area (TPSA) is 118 Å². The SMILES string of the molecule is Cc1ccc(S(=O)(=O)Nc2ccc(C(=O)NCCSCc3ccccc3)cc2)cc1[N+](=O)[O-]. The number of thioether (sulfide) groups is 1. The first-order valence-corrected chi connectivity index (χ1v) is 12.7. The van der Waals surface area contributed by atoms with Crippen LogP contribution < -0.4 is 10.0 Å². The average Bonchev–Trinajstić information content (AvgIpc) is 2.79. The molecule has 0 aliphatic rings. The summed E-state index contributed by atoms with van der Waals surface area (Å²) in [6.07, 6.45) is 0. The quantitative estimate of drug-likeness (QED) is 0.250. The Bertz CT molecular complexity index is 1230. The molecule has 0 saturated heterocycles. The summed E-state index contributed by atoms with van der Waals surface area (Å²) in [6, 6.07) is 19.8. The zero-order valence-electron chi connectivity index (χ0n) is 17.9. The fourth-order valence-electron chi connectivity index (χ4n) is 2.96. The lowest BCUT2D eigenvalue weighted by Crippen LogP contribution is -2.25. The number of rotatable bonds is 10. The normalized spacial score (nSPS) is 11.1. The van der Waals surface area contributed by atoms with E-state index >= 15 is 0 Å². The van der Waals surface area contributed by atoms with Crippen molar-refractivity contribution in [1.82, 2.24) is 5.32 Å². The molecule has 0 fully saturated rings. The van der Waals surface area contributed by atoms with Crippen molar-refractivity contribution in [3.63, 3.8) is 0 Å². The van der Waals surface area contributed by atoms with E-state index in [0.29, 0.717) is 17.7 Å². The van der Waals surface area contributed by atoms with E-state index in [0.717, 1.165) is 17.6 Å². The van der Waals surface area contributed by atoms with E-state index < -0.39 is 14.9 Å². The minimum atomic E-state index is -4.02. The van der Waals surface area contributed by atoms with Crippen LogP contribution in [0.3, 0.4) is 0 Å². The Morgan fingerprint density at radius 1 is 1.03 bits per heavy atom. The number of sulfonamides is 1. The van der Waals surface area contributed by atoms with Gasteiger partial charge in [0.2, 0.25) is 0 Å². The Balaban J connectivity index is 1.53. The number of nitro groups is 1. The van der Waals surface area contributed by atoms with E-state index in [-0.39, 0.29) is 22.2 Å². The van der Waals surface area contributed by atoms with E-state index in [1.807, 2.05) is 18.2 Å². The highest BCUT2D eigenvalue weighted by Crippen LogP contribution is 2.24. The maximum absolute atomic E-state index is 12.6. The summed E-state index contributed by atoms with van der Waals surface area (Å²) in [5, 5.41) is 13.9. The summed E-state index contributed by atoms with van der Waals surface area (Å²) in [5.41, 5.74) is 1.97. The standard InChI is InChI=1S/C23H23N3O5S2/c1-17-7-12-21(15-22(17)26(28)29)33(30,31)25-20-10-8-19(9-11-20)23(27)24-13-14-32-16-18-5-3-2-4-6-18/h2-12,15,25H,13-14,16H2,1H3,(H,24,27). The number of nitrogens with one attached hydrogen (secondary N) is 2. The van der Waals surface area contributed by atoms with Crippen molar-refractivity contribution in [2.45, 2.75) is 17.6 Å². The molecule has 3 aromatic carbocycles. The van der Waals surface area contributed by atoms with Gasteiger partial charge in [-0.2, -0.15) is 11.8 Å². The zero-order valence-corrected chi connectivity index (χ0v) is 19.5. The smallest absolute Gasteiger partial charge is 0.273 e. The van der Waals surface area contributed by atoms with Crippen molar-refractivity contribution in [2.24, 2.45) is 0 Å². The van der Waals surface area contributed by atoms with Crippen LogP contribution in [-0.2, 0) is 15.8 Å². The van der Waals surface area contributed by atoms with Crippen molar-refractivity contribution in [2.75, 3.05) is 17.0 Å². The Labute approximate surface area is 196 Å². The van der Waals surface area contributed by atoms with Gasteiger partial charge in [-0.3, -0.25) is 19.6 Å². The number of hydrogen-bond donors (Lipinski definition) is 2. The molecule has 33 heavy (non-hydrogen) atoms. The third kappa shape index (κ3) is 6.80. The molecule has 0 bridgehead atoms. The predicted molar refractivity (Wildman–Crippen MR) is 130 cm³/mol. The Hall–Kier alpha value is -3.37. The van der Waals surface area contributed by atoms with Crippen molar-refractivity contribution in [3.05, 3.63) is 99.6 Å². The van der Waals surface area contributed by atoms with Crippen LogP contribution in [0.1, 0.15) is 21.5 Å². The van der Waals surface area contributed by atoms with Gasteiger partial charge in [-0.15, -0.1) is 0 Å². The minimum absolute atomic E-state index is 0.213. The molecule has 3 aromatic rings. The monoisotopic (exact) mass is 485 g/mol. The second kappa shape index (κ2) is 11.0. The van der Waals surface area contributed by atoms with Gasteiger partial charge in [-0.1, -0.05) is 36.4 Å². The zero-order chi connectivity index (χ0) is 23.8. The molecule has 172 valence electrons. The molecule has 1 amide bonds. The van der Waals surface area contributed by atoms with Crippen LogP contribution >= 0.6 is 11.8 Å². The highest BCUT2D eigenvalue weighted by Gasteiger charge is 2.20. The molecule has 8 nitrogen and oxygen atoms in total. The van der Waals surface area contributed by atoms with Crippen LogP contribution in [0, 0.1) is 17.0 Å². The van der Waals surface area contributed by atoms with E-state index in [9.17, 15) is 23.3 Å². The van der Waals surface area contributed by atoms with E-state index in [1.165, 1.54) is 48.9 Å². The van der Waals surface area contributed by atoms with E-state index in [4.69, 9.17) is 0 Å². The van der Waals surface area contributed by atoms with Crippen LogP contribution in [0.2, 0.25) is 0 Å². The summed E-state index contributed by atoms with van der Waals surface area (Å²) >= 11 is 1.72. The van der Waals surface area contributed by atoms with Gasteiger partial charge in [0.15, 0.2) is 0 Å². The van der Waals surface area contributed by atoms with Crippen LogP contribution in [0.4, 0.5) is 11.4 Å². The fraction of sp³-hybridized carbons (Fsp3) is 0.174. The van der Waals surface area contributed by atoms with Crippen molar-refractivity contribution in [1.29, 1.82) is 0 Å². The fourth-order valence-corrected chi connectivity index (χ4v) is 4.86. The van der Waals surface area contributed by atoms with Crippen LogP contribution in [0.15, 0.2) is 77.7 Å². The van der Waals surface area contributed by atoms with Gasteiger partial charge in [0, 0.05) is 40.9 Å². The highest BCUT2D eigenvalue weighted by atomic mass is 32.2. The first-order valence-electron chi connectivity index (χ1n) is 10.0. The van der Waals surface area contributed by atoms with Gasteiger partial charge in [-0.05, 0) is 42.8 Å². The van der Waals surface area contributed by atoms with Gasteiger partial charge < -0.3 is 5.32 Å².